The quantitative estimate of drug-likeness (QED) is 0.748. The molecule has 128 valence electrons. The highest BCUT2D eigenvalue weighted by atomic mass is 16.1. The van der Waals surface area contributed by atoms with E-state index in [-0.39, 0.29) is 11.6 Å². The van der Waals surface area contributed by atoms with Crippen LogP contribution in [0.15, 0.2) is 54.7 Å². The van der Waals surface area contributed by atoms with Gasteiger partial charge in [0.1, 0.15) is 5.69 Å². The van der Waals surface area contributed by atoms with Crippen molar-refractivity contribution < 1.29 is 4.79 Å². The van der Waals surface area contributed by atoms with Gasteiger partial charge in [-0.3, -0.25) is 4.79 Å². The number of aryl methyl sites for hydroxylation is 2. The fraction of sp³-hybridized carbons (Fsp3) is 0.100. The van der Waals surface area contributed by atoms with Gasteiger partial charge in [-0.25, -0.2) is 9.97 Å². The number of rotatable bonds is 4. The van der Waals surface area contributed by atoms with E-state index in [1.54, 1.807) is 24.3 Å². The molecular weight excluding hydrogens is 326 g/mol. The normalized spacial score (nSPS) is 10.0. The highest BCUT2D eigenvalue weighted by Gasteiger charge is 2.10. The number of hydrogen-bond acceptors (Lipinski definition) is 5. The third-order valence-electron chi connectivity index (χ3n) is 3.90. The molecule has 0 atom stereocenters. The lowest BCUT2D eigenvalue weighted by molar-refractivity contribution is 0.102. The standard InChI is InChI=1S/C20H17N5O/c1-13-6-7-17(10-14(13)2)24-20-22-9-8-18(25-20)19(26)23-16-5-3-4-15(11-16)12-21/h3-11H,1-2H3,(H,23,26)(H,22,24,25). The van der Waals surface area contributed by atoms with Gasteiger partial charge >= 0.3 is 0 Å². The minimum absolute atomic E-state index is 0.230. The summed E-state index contributed by atoms with van der Waals surface area (Å²) in [6.07, 6.45) is 1.52. The largest absolute Gasteiger partial charge is 0.324 e. The smallest absolute Gasteiger partial charge is 0.274 e. The molecular formula is C20H17N5O. The van der Waals surface area contributed by atoms with Crippen molar-refractivity contribution in [3.63, 3.8) is 0 Å². The van der Waals surface area contributed by atoms with Crippen LogP contribution in [0.5, 0.6) is 0 Å². The van der Waals surface area contributed by atoms with Gasteiger partial charge < -0.3 is 10.6 Å². The summed E-state index contributed by atoms with van der Waals surface area (Å²) in [5, 5.41) is 14.8. The van der Waals surface area contributed by atoms with E-state index < -0.39 is 0 Å². The van der Waals surface area contributed by atoms with Gasteiger partial charge in [0.15, 0.2) is 0 Å². The monoisotopic (exact) mass is 343 g/mol. The number of nitrogens with zero attached hydrogens (tertiary/aromatic N) is 3. The first-order valence-corrected chi connectivity index (χ1v) is 8.04. The molecule has 1 amide bonds. The van der Waals surface area contributed by atoms with Gasteiger partial charge in [-0.05, 0) is 61.4 Å². The molecule has 2 N–H and O–H groups in total. The summed E-state index contributed by atoms with van der Waals surface area (Å²) in [5.41, 5.74) is 4.45. The molecule has 0 aliphatic heterocycles. The molecule has 0 aliphatic carbocycles. The predicted molar refractivity (Wildman–Crippen MR) is 100 cm³/mol. The van der Waals surface area contributed by atoms with Crippen molar-refractivity contribution in [2.45, 2.75) is 13.8 Å². The van der Waals surface area contributed by atoms with Gasteiger partial charge in [0, 0.05) is 17.6 Å². The van der Waals surface area contributed by atoms with Crippen LogP contribution < -0.4 is 10.6 Å². The summed E-state index contributed by atoms with van der Waals surface area (Å²) >= 11 is 0. The number of carbonyl (C=O) groups excluding carboxylic acids is 1. The van der Waals surface area contributed by atoms with E-state index in [4.69, 9.17) is 5.26 Å². The zero-order chi connectivity index (χ0) is 18.5. The van der Waals surface area contributed by atoms with Gasteiger partial charge in [-0.15, -0.1) is 0 Å². The summed E-state index contributed by atoms with van der Waals surface area (Å²) in [6.45, 7) is 4.07. The topological polar surface area (TPSA) is 90.7 Å². The van der Waals surface area contributed by atoms with Crippen molar-refractivity contribution in [1.82, 2.24) is 9.97 Å². The number of hydrogen-bond donors (Lipinski definition) is 2. The molecule has 6 heteroatoms. The van der Waals surface area contributed by atoms with E-state index in [0.29, 0.717) is 17.2 Å². The first-order chi connectivity index (χ1) is 12.5. The zero-order valence-electron chi connectivity index (χ0n) is 14.4. The lowest BCUT2D eigenvalue weighted by Crippen LogP contribution is -2.14. The van der Waals surface area contributed by atoms with Crippen molar-refractivity contribution in [1.29, 1.82) is 5.26 Å². The SMILES string of the molecule is Cc1ccc(Nc2nccc(C(=O)Nc3cccc(C#N)c3)n2)cc1C. The van der Waals surface area contributed by atoms with Crippen LogP contribution in [0, 0.1) is 25.2 Å². The molecule has 0 saturated carbocycles. The fourth-order valence-electron chi connectivity index (χ4n) is 2.36. The molecule has 2 aromatic carbocycles. The van der Waals surface area contributed by atoms with Crippen LogP contribution in [-0.4, -0.2) is 15.9 Å². The minimum atomic E-state index is -0.370. The Morgan fingerprint density at radius 2 is 1.88 bits per heavy atom. The lowest BCUT2D eigenvalue weighted by Gasteiger charge is -2.09. The lowest BCUT2D eigenvalue weighted by atomic mass is 10.1. The molecule has 3 rings (SSSR count). The maximum atomic E-state index is 12.4. The maximum Gasteiger partial charge on any atom is 0.274 e. The van der Waals surface area contributed by atoms with Gasteiger partial charge in [-0.1, -0.05) is 12.1 Å². The molecule has 0 unspecified atom stereocenters. The van der Waals surface area contributed by atoms with Crippen LogP contribution in [0.2, 0.25) is 0 Å². The Hall–Kier alpha value is -3.72. The van der Waals surface area contributed by atoms with Gasteiger partial charge in [0.25, 0.3) is 5.91 Å². The fourth-order valence-corrected chi connectivity index (χ4v) is 2.36. The van der Waals surface area contributed by atoms with E-state index in [9.17, 15) is 4.79 Å². The number of nitriles is 1. The predicted octanol–water partition coefficient (Wildman–Crippen LogP) is 3.96. The molecule has 6 nitrogen and oxygen atoms in total. The summed E-state index contributed by atoms with van der Waals surface area (Å²) < 4.78 is 0. The molecule has 0 spiro atoms. The second kappa shape index (κ2) is 7.45. The van der Waals surface area contributed by atoms with Crippen molar-refractivity contribution in [3.8, 4) is 6.07 Å². The minimum Gasteiger partial charge on any atom is -0.324 e. The van der Waals surface area contributed by atoms with E-state index in [1.165, 1.54) is 17.8 Å². The van der Waals surface area contributed by atoms with Crippen LogP contribution in [0.3, 0.4) is 0 Å². The van der Waals surface area contributed by atoms with Gasteiger partial charge in [-0.2, -0.15) is 5.26 Å². The highest BCUT2D eigenvalue weighted by molar-refractivity contribution is 6.03. The molecule has 0 radical (unpaired) electrons. The number of carbonyl (C=O) groups is 1. The Bertz CT molecular complexity index is 1010. The average molecular weight is 343 g/mol. The van der Waals surface area contributed by atoms with Crippen LogP contribution in [0.1, 0.15) is 27.2 Å². The van der Waals surface area contributed by atoms with Crippen molar-refractivity contribution in [2.24, 2.45) is 0 Å². The van der Waals surface area contributed by atoms with Crippen molar-refractivity contribution in [3.05, 3.63) is 77.1 Å². The second-order valence-electron chi connectivity index (χ2n) is 5.84. The van der Waals surface area contributed by atoms with Crippen LogP contribution in [-0.2, 0) is 0 Å². The molecule has 1 aromatic heterocycles. The van der Waals surface area contributed by atoms with Crippen LogP contribution in [0.25, 0.3) is 0 Å². The van der Waals surface area contributed by atoms with Crippen LogP contribution >= 0.6 is 0 Å². The van der Waals surface area contributed by atoms with Crippen molar-refractivity contribution >= 4 is 23.2 Å². The third kappa shape index (κ3) is 4.02. The van der Waals surface area contributed by atoms with Crippen molar-refractivity contribution in [2.75, 3.05) is 10.6 Å². The first-order valence-electron chi connectivity index (χ1n) is 8.04. The molecule has 0 aliphatic rings. The number of aromatic nitrogens is 2. The molecule has 0 saturated heterocycles. The number of anilines is 3. The number of nitrogens with one attached hydrogen (secondary N) is 2. The average Bonchev–Trinajstić information content (AvgIpc) is 2.65. The first kappa shape index (κ1) is 17.1. The Balaban J connectivity index is 1.76. The zero-order valence-corrected chi connectivity index (χ0v) is 14.4. The van der Waals surface area contributed by atoms with Gasteiger partial charge in [0.2, 0.25) is 5.95 Å². The Morgan fingerprint density at radius 3 is 2.65 bits per heavy atom. The third-order valence-corrected chi connectivity index (χ3v) is 3.90. The molecule has 1 heterocycles. The van der Waals surface area contributed by atoms with Crippen LogP contribution in [0.4, 0.5) is 17.3 Å². The molecule has 0 fully saturated rings. The second-order valence-corrected chi connectivity index (χ2v) is 5.84. The Labute approximate surface area is 151 Å². The molecule has 26 heavy (non-hydrogen) atoms. The Kier molecular flexibility index (Phi) is 4.90. The maximum absolute atomic E-state index is 12.4. The summed E-state index contributed by atoms with van der Waals surface area (Å²) in [5.74, 6) is -0.0303. The number of amides is 1. The van der Waals surface area contributed by atoms with E-state index in [0.717, 1.165) is 11.3 Å². The summed E-state index contributed by atoms with van der Waals surface area (Å²) in [7, 11) is 0. The van der Waals surface area contributed by atoms with E-state index >= 15 is 0 Å². The number of benzene rings is 2. The summed E-state index contributed by atoms with van der Waals surface area (Å²) in [6, 6.07) is 16.2. The van der Waals surface area contributed by atoms with Gasteiger partial charge in [0.05, 0.1) is 11.6 Å². The molecule has 3 aromatic rings. The van der Waals surface area contributed by atoms with E-state index in [1.807, 2.05) is 38.1 Å². The highest BCUT2D eigenvalue weighted by Crippen LogP contribution is 2.18. The summed E-state index contributed by atoms with van der Waals surface area (Å²) in [4.78, 5) is 20.8. The molecule has 0 bridgehead atoms. The van der Waals surface area contributed by atoms with E-state index in [2.05, 4.69) is 20.6 Å². The Morgan fingerprint density at radius 1 is 1.04 bits per heavy atom.